The lowest BCUT2D eigenvalue weighted by atomic mass is 10.1. The van der Waals surface area contributed by atoms with E-state index in [4.69, 9.17) is 4.74 Å². The van der Waals surface area contributed by atoms with Gasteiger partial charge in [0.2, 0.25) is 0 Å². The van der Waals surface area contributed by atoms with Crippen LogP contribution in [0.3, 0.4) is 0 Å². The molecule has 5 heteroatoms. The number of rotatable bonds is 3. The van der Waals surface area contributed by atoms with Gasteiger partial charge in [0.1, 0.15) is 5.75 Å². The van der Waals surface area contributed by atoms with Crippen LogP contribution in [0.5, 0.6) is 5.75 Å². The Hall–Kier alpha value is -1.26. The zero-order chi connectivity index (χ0) is 15.7. The van der Waals surface area contributed by atoms with E-state index >= 15 is 0 Å². The average molecular weight is 339 g/mol. The lowest BCUT2D eigenvalue weighted by Crippen LogP contribution is -2.44. The van der Waals surface area contributed by atoms with Gasteiger partial charge in [0, 0.05) is 18.6 Å². The van der Waals surface area contributed by atoms with Gasteiger partial charge in [-0.3, -0.25) is 4.79 Å². The van der Waals surface area contributed by atoms with E-state index in [1.165, 1.54) is 5.56 Å². The van der Waals surface area contributed by atoms with E-state index in [9.17, 15) is 4.79 Å². The Morgan fingerprint density at radius 2 is 1.83 bits per heavy atom. The second-order valence-corrected chi connectivity index (χ2v) is 6.70. The predicted octanol–water partition coefficient (Wildman–Crippen LogP) is 2.77. The molecule has 2 aliphatic heterocycles. The monoisotopic (exact) mass is 338 g/mol. The fourth-order valence-corrected chi connectivity index (χ4v) is 3.99. The van der Waals surface area contributed by atoms with Crippen molar-refractivity contribution in [3.8, 4) is 5.75 Å². The number of halogens is 1. The summed E-state index contributed by atoms with van der Waals surface area (Å²) < 4.78 is 5.89. The zero-order valence-corrected chi connectivity index (χ0v) is 15.0. The highest BCUT2D eigenvalue weighted by Crippen LogP contribution is 2.29. The van der Waals surface area contributed by atoms with Gasteiger partial charge >= 0.3 is 0 Å². The first kappa shape index (κ1) is 18.1. The third-order valence-corrected chi connectivity index (χ3v) is 4.89. The average Bonchev–Trinajstić information content (AvgIpc) is 2.70. The maximum absolute atomic E-state index is 12.6. The number of nitrogens with one attached hydrogen (secondary N) is 1. The molecule has 2 unspecified atom stereocenters. The number of fused-ring (bicyclic) bond motifs is 2. The molecule has 2 aliphatic rings. The van der Waals surface area contributed by atoms with Gasteiger partial charge in [-0.2, -0.15) is 0 Å². The predicted molar refractivity (Wildman–Crippen MR) is 94.5 cm³/mol. The molecule has 1 N–H and O–H groups in total. The van der Waals surface area contributed by atoms with Gasteiger partial charge in [0.15, 0.2) is 6.61 Å². The molecular weight excluding hydrogens is 312 g/mol. The van der Waals surface area contributed by atoms with Crippen molar-refractivity contribution in [3.63, 3.8) is 0 Å². The van der Waals surface area contributed by atoms with Gasteiger partial charge in [-0.15, -0.1) is 12.4 Å². The fourth-order valence-electron chi connectivity index (χ4n) is 3.99. The van der Waals surface area contributed by atoms with Gasteiger partial charge in [-0.05, 0) is 57.7 Å². The SMILES string of the molecule is Cc1cc(C)c(OCC(=O)N2C3CCNCC2CC3)c(C)c1.Cl. The Kier molecular flexibility index (Phi) is 5.93. The van der Waals surface area contributed by atoms with Crippen LogP contribution < -0.4 is 10.1 Å². The second-order valence-electron chi connectivity index (χ2n) is 6.70. The summed E-state index contributed by atoms with van der Waals surface area (Å²) in [5.41, 5.74) is 3.43. The summed E-state index contributed by atoms with van der Waals surface area (Å²) in [5, 5.41) is 3.43. The molecular formula is C18H27ClN2O2. The number of nitrogens with zero attached hydrogens (tertiary/aromatic N) is 1. The van der Waals surface area contributed by atoms with Gasteiger partial charge in [-0.25, -0.2) is 0 Å². The van der Waals surface area contributed by atoms with Crippen molar-refractivity contribution in [3.05, 3.63) is 28.8 Å². The van der Waals surface area contributed by atoms with Crippen LogP contribution in [0.15, 0.2) is 12.1 Å². The first-order chi connectivity index (χ1) is 10.6. The van der Waals surface area contributed by atoms with Gasteiger partial charge in [0.25, 0.3) is 5.91 Å². The normalized spacial score (nSPS) is 23.2. The molecule has 0 aliphatic carbocycles. The molecule has 2 bridgehead atoms. The zero-order valence-electron chi connectivity index (χ0n) is 14.2. The molecule has 1 aromatic rings. The van der Waals surface area contributed by atoms with Crippen molar-refractivity contribution in [2.24, 2.45) is 0 Å². The highest BCUT2D eigenvalue weighted by molar-refractivity contribution is 5.85. The lowest BCUT2D eigenvalue weighted by molar-refractivity contribution is -0.136. The van der Waals surface area contributed by atoms with Crippen molar-refractivity contribution in [1.82, 2.24) is 10.2 Å². The van der Waals surface area contributed by atoms with E-state index in [2.05, 4.69) is 29.3 Å². The Morgan fingerprint density at radius 1 is 1.17 bits per heavy atom. The molecule has 4 nitrogen and oxygen atoms in total. The van der Waals surface area contributed by atoms with Gasteiger partial charge in [0.05, 0.1) is 0 Å². The number of carbonyl (C=O) groups excluding carboxylic acids is 1. The van der Waals surface area contributed by atoms with Gasteiger partial charge < -0.3 is 15.0 Å². The molecule has 2 fully saturated rings. The first-order valence-corrected chi connectivity index (χ1v) is 8.29. The minimum atomic E-state index is 0. The molecule has 1 amide bonds. The molecule has 0 aromatic heterocycles. The van der Waals surface area contributed by atoms with Gasteiger partial charge in [-0.1, -0.05) is 17.7 Å². The van der Waals surface area contributed by atoms with Crippen LogP contribution in [0.2, 0.25) is 0 Å². The summed E-state index contributed by atoms with van der Waals surface area (Å²) in [4.78, 5) is 14.7. The highest BCUT2D eigenvalue weighted by atomic mass is 35.5. The van der Waals surface area contributed by atoms with Crippen LogP contribution in [-0.4, -0.2) is 42.6 Å². The molecule has 2 saturated heterocycles. The van der Waals surface area contributed by atoms with Crippen molar-refractivity contribution in [2.45, 2.75) is 52.1 Å². The quantitative estimate of drug-likeness (QED) is 0.921. The lowest BCUT2D eigenvalue weighted by Gasteiger charge is -2.28. The first-order valence-electron chi connectivity index (χ1n) is 8.29. The van der Waals surface area contributed by atoms with E-state index in [0.29, 0.717) is 12.1 Å². The number of hydrogen-bond donors (Lipinski definition) is 1. The number of benzene rings is 1. The smallest absolute Gasteiger partial charge is 0.261 e. The number of ether oxygens (including phenoxy) is 1. The number of carbonyl (C=O) groups is 1. The molecule has 23 heavy (non-hydrogen) atoms. The summed E-state index contributed by atoms with van der Waals surface area (Å²) in [6, 6.07) is 4.96. The number of amides is 1. The Bertz CT molecular complexity index is 539. The van der Waals surface area contributed by atoms with E-state index in [-0.39, 0.29) is 24.9 Å². The van der Waals surface area contributed by atoms with E-state index in [0.717, 1.165) is 49.2 Å². The van der Waals surface area contributed by atoms with E-state index in [1.807, 2.05) is 13.8 Å². The van der Waals surface area contributed by atoms with Crippen molar-refractivity contribution in [2.75, 3.05) is 19.7 Å². The molecule has 0 radical (unpaired) electrons. The summed E-state index contributed by atoms with van der Waals surface area (Å²) in [6.45, 7) is 8.25. The summed E-state index contributed by atoms with van der Waals surface area (Å²) in [5.74, 6) is 0.995. The largest absolute Gasteiger partial charge is 0.483 e. The molecule has 1 aromatic carbocycles. The van der Waals surface area contributed by atoms with E-state index < -0.39 is 0 Å². The van der Waals surface area contributed by atoms with Crippen LogP contribution >= 0.6 is 12.4 Å². The molecule has 2 atom stereocenters. The molecule has 2 heterocycles. The van der Waals surface area contributed by atoms with Crippen LogP contribution in [0.4, 0.5) is 0 Å². The van der Waals surface area contributed by atoms with Crippen LogP contribution in [0.1, 0.15) is 36.0 Å². The third kappa shape index (κ3) is 3.81. The third-order valence-electron chi connectivity index (χ3n) is 4.89. The summed E-state index contributed by atoms with van der Waals surface area (Å²) in [6.07, 6.45) is 3.32. The topological polar surface area (TPSA) is 41.6 Å². The maximum atomic E-state index is 12.6. The minimum Gasteiger partial charge on any atom is -0.483 e. The Morgan fingerprint density at radius 3 is 2.52 bits per heavy atom. The van der Waals surface area contributed by atoms with Crippen molar-refractivity contribution in [1.29, 1.82) is 0 Å². The molecule has 3 rings (SSSR count). The standard InChI is InChI=1S/C18H26N2O2.ClH/c1-12-8-13(2)18(14(3)9-12)22-11-17(21)20-15-4-5-16(20)10-19-7-6-15;/h8-9,15-16,19H,4-7,10-11H2,1-3H3;1H. The number of hydrogen-bond acceptors (Lipinski definition) is 3. The van der Waals surface area contributed by atoms with Crippen LogP contribution in [0, 0.1) is 20.8 Å². The number of aryl methyl sites for hydroxylation is 3. The van der Waals surface area contributed by atoms with Crippen LogP contribution in [0.25, 0.3) is 0 Å². The highest BCUT2D eigenvalue weighted by Gasteiger charge is 2.37. The van der Waals surface area contributed by atoms with Crippen molar-refractivity contribution >= 4 is 18.3 Å². The fraction of sp³-hybridized carbons (Fsp3) is 0.611. The van der Waals surface area contributed by atoms with Crippen LogP contribution in [-0.2, 0) is 4.79 Å². The maximum Gasteiger partial charge on any atom is 0.261 e. The summed E-state index contributed by atoms with van der Waals surface area (Å²) >= 11 is 0. The molecule has 128 valence electrons. The minimum absolute atomic E-state index is 0. The van der Waals surface area contributed by atoms with E-state index in [1.54, 1.807) is 0 Å². The van der Waals surface area contributed by atoms with Crippen molar-refractivity contribution < 1.29 is 9.53 Å². The summed E-state index contributed by atoms with van der Waals surface area (Å²) in [7, 11) is 0. The second kappa shape index (κ2) is 7.54. The Labute approximate surface area is 145 Å². The Balaban J connectivity index is 0.00000192. The molecule has 0 spiro atoms. The molecule has 0 saturated carbocycles.